The fourth-order valence-corrected chi connectivity index (χ4v) is 5.11. The molecule has 2 unspecified atom stereocenters. The van der Waals surface area contributed by atoms with E-state index in [4.69, 9.17) is 28.6 Å². The number of hydrogen-bond acceptors (Lipinski definition) is 3. The number of thiocarbonyl (C=S) groups is 1. The molecule has 1 aliphatic rings. The van der Waals surface area contributed by atoms with Gasteiger partial charge in [-0.3, -0.25) is 4.98 Å². The summed E-state index contributed by atoms with van der Waals surface area (Å²) in [6.07, 6.45) is 1.84. The van der Waals surface area contributed by atoms with Crippen molar-refractivity contribution in [1.82, 2.24) is 19.8 Å². The minimum Gasteiger partial charge on any atom is -0.495 e. The lowest BCUT2D eigenvalue weighted by molar-refractivity contribution is 0.287. The first-order chi connectivity index (χ1) is 15.3. The summed E-state index contributed by atoms with van der Waals surface area (Å²) in [6.45, 7) is 9.55. The van der Waals surface area contributed by atoms with Crippen molar-refractivity contribution in [2.45, 2.75) is 39.8 Å². The predicted octanol–water partition coefficient (Wildman–Crippen LogP) is 5.78. The SMILES string of the molecule is COc1ccc(Cl)cc1-n1c(C)cc(C2C(c3ccccn3)NC(=S)N2CC(C)C)c1C. The Labute approximate surface area is 200 Å². The number of hydrogen-bond donors (Lipinski definition) is 1. The van der Waals surface area contributed by atoms with Crippen LogP contribution in [0.15, 0.2) is 48.7 Å². The van der Waals surface area contributed by atoms with Crippen LogP contribution in [0.25, 0.3) is 5.69 Å². The average Bonchev–Trinajstić information content (AvgIpc) is 3.23. The van der Waals surface area contributed by atoms with Gasteiger partial charge < -0.3 is 19.5 Å². The Morgan fingerprint density at radius 3 is 2.62 bits per heavy atom. The van der Waals surface area contributed by atoms with Crippen molar-refractivity contribution in [2.24, 2.45) is 5.92 Å². The molecule has 0 saturated carbocycles. The Bertz CT molecular complexity index is 1130. The van der Waals surface area contributed by atoms with Crippen LogP contribution in [-0.4, -0.2) is 33.2 Å². The Kier molecular flexibility index (Phi) is 6.45. The minimum absolute atomic E-state index is 0.0299. The zero-order valence-electron chi connectivity index (χ0n) is 19.1. The molecule has 0 spiro atoms. The van der Waals surface area contributed by atoms with E-state index in [2.05, 4.69) is 59.6 Å². The van der Waals surface area contributed by atoms with Crippen molar-refractivity contribution < 1.29 is 4.74 Å². The van der Waals surface area contributed by atoms with Crippen LogP contribution in [0.5, 0.6) is 5.75 Å². The van der Waals surface area contributed by atoms with Crippen LogP contribution >= 0.6 is 23.8 Å². The number of benzene rings is 1. The summed E-state index contributed by atoms with van der Waals surface area (Å²) in [5.41, 5.74) is 5.37. The van der Waals surface area contributed by atoms with Gasteiger partial charge in [0.2, 0.25) is 0 Å². The topological polar surface area (TPSA) is 42.3 Å². The van der Waals surface area contributed by atoms with Crippen molar-refractivity contribution in [3.63, 3.8) is 0 Å². The van der Waals surface area contributed by atoms with Gasteiger partial charge in [0.05, 0.1) is 30.6 Å². The van der Waals surface area contributed by atoms with Crippen molar-refractivity contribution in [3.8, 4) is 11.4 Å². The molecule has 2 atom stereocenters. The summed E-state index contributed by atoms with van der Waals surface area (Å²) < 4.78 is 7.86. The molecule has 168 valence electrons. The lowest BCUT2D eigenvalue weighted by atomic mass is 9.96. The maximum absolute atomic E-state index is 6.35. The fraction of sp³-hybridized carbons (Fsp3) is 0.360. The van der Waals surface area contributed by atoms with E-state index >= 15 is 0 Å². The third kappa shape index (κ3) is 4.09. The van der Waals surface area contributed by atoms with Crippen LogP contribution in [0.1, 0.15) is 48.6 Å². The molecule has 3 heterocycles. The van der Waals surface area contributed by atoms with E-state index in [1.54, 1.807) is 7.11 Å². The van der Waals surface area contributed by atoms with Crippen LogP contribution in [0.2, 0.25) is 5.02 Å². The van der Waals surface area contributed by atoms with Crippen LogP contribution in [0, 0.1) is 19.8 Å². The molecule has 32 heavy (non-hydrogen) atoms. The van der Waals surface area contributed by atoms with E-state index in [-0.39, 0.29) is 12.1 Å². The number of aryl methyl sites for hydroxylation is 1. The molecule has 1 fully saturated rings. The van der Waals surface area contributed by atoms with Gasteiger partial charge in [-0.25, -0.2) is 0 Å². The highest BCUT2D eigenvalue weighted by atomic mass is 35.5. The fourth-order valence-electron chi connectivity index (χ4n) is 4.63. The molecule has 0 amide bonds. The van der Waals surface area contributed by atoms with E-state index in [1.807, 2.05) is 36.5 Å². The standard InChI is InChI=1S/C25H29ClN4OS/c1-15(2)14-29-24(23(28-25(29)32)20-8-6-7-11-27-20)19-12-16(3)30(17(19)4)21-13-18(26)9-10-22(21)31-5/h6-13,15,23-24H,14H2,1-5H3,(H,28,32). The molecule has 2 aromatic heterocycles. The number of ether oxygens (including phenoxy) is 1. The molecular formula is C25H29ClN4OS. The first-order valence-electron chi connectivity index (χ1n) is 10.8. The molecule has 1 N–H and O–H groups in total. The number of aromatic nitrogens is 2. The molecule has 4 rings (SSSR count). The highest BCUT2D eigenvalue weighted by molar-refractivity contribution is 7.80. The number of methoxy groups -OCH3 is 1. The zero-order chi connectivity index (χ0) is 23.0. The largest absolute Gasteiger partial charge is 0.495 e. The van der Waals surface area contributed by atoms with Gasteiger partial charge in [0.25, 0.3) is 0 Å². The van der Waals surface area contributed by atoms with Crippen LogP contribution in [0.4, 0.5) is 0 Å². The number of halogens is 1. The summed E-state index contributed by atoms with van der Waals surface area (Å²) in [6, 6.07) is 14.0. The molecule has 5 nitrogen and oxygen atoms in total. The number of nitrogens with zero attached hydrogens (tertiary/aromatic N) is 3. The second kappa shape index (κ2) is 9.12. The Balaban J connectivity index is 1.87. The normalized spacial score (nSPS) is 18.3. The first kappa shape index (κ1) is 22.6. The summed E-state index contributed by atoms with van der Waals surface area (Å²) >= 11 is 12.1. The van der Waals surface area contributed by atoms with Gasteiger partial charge in [-0.15, -0.1) is 0 Å². The van der Waals surface area contributed by atoms with E-state index in [0.717, 1.165) is 40.2 Å². The van der Waals surface area contributed by atoms with Crippen molar-refractivity contribution in [1.29, 1.82) is 0 Å². The molecule has 3 aromatic rings. The number of pyridine rings is 1. The average molecular weight is 469 g/mol. The van der Waals surface area contributed by atoms with Gasteiger partial charge in [-0.05, 0) is 73.9 Å². The molecule has 0 aliphatic carbocycles. The van der Waals surface area contributed by atoms with Gasteiger partial charge in [0.15, 0.2) is 5.11 Å². The summed E-state index contributed by atoms with van der Waals surface area (Å²) in [7, 11) is 1.68. The quantitative estimate of drug-likeness (QED) is 0.464. The molecule has 1 aromatic carbocycles. The lowest BCUT2D eigenvalue weighted by Gasteiger charge is -2.29. The third-order valence-corrected chi connectivity index (χ3v) is 6.52. The van der Waals surface area contributed by atoms with Crippen molar-refractivity contribution >= 4 is 28.9 Å². The highest BCUT2D eigenvalue weighted by Gasteiger charge is 2.41. The molecule has 0 bridgehead atoms. The van der Waals surface area contributed by atoms with E-state index in [1.165, 1.54) is 5.56 Å². The summed E-state index contributed by atoms with van der Waals surface area (Å²) in [4.78, 5) is 6.95. The Morgan fingerprint density at radius 2 is 1.97 bits per heavy atom. The second-order valence-corrected chi connectivity index (χ2v) is 9.47. The van der Waals surface area contributed by atoms with Gasteiger partial charge >= 0.3 is 0 Å². The first-order valence-corrected chi connectivity index (χ1v) is 11.6. The van der Waals surface area contributed by atoms with Crippen molar-refractivity contribution in [2.75, 3.05) is 13.7 Å². The maximum Gasteiger partial charge on any atom is 0.170 e. The molecule has 1 saturated heterocycles. The van der Waals surface area contributed by atoms with Crippen LogP contribution in [0.3, 0.4) is 0 Å². The van der Waals surface area contributed by atoms with Crippen molar-refractivity contribution in [3.05, 3.63) is 76.3 Å². The number of nitrogens with one attached hydrogen (secondary N) is 1. The van der Waals surface area contributed by atoms with Gasteiger partial charge in [0, 0.05) is 29.2 Å². The second-order valence-electron chi connectivity index (χ2n) is 8.65. The minimum atomic E-state index is -0.0299. The van der Waals surface area contributed by atoms with Gasteiger partial charge in [-0.1, -0.05) is 31.5 Å². The zero-order valence-corrected chi connectivity index (χ0v) is 20.7. The van der Waals surface area contributed by atoms with E-state index in [0.29, 0.717) is 10.9 Å². The monoisotopic (exact) mass is 468 g/mol. The maximum atomic E-state index is 6.35. The van der Waals surface area contributed by atoms with E-state index in [9.17, 15) is 0 Å². The van der Waals surface area contributed by atoms with E-state index < -0.39 is 0 Å². The summed E-state index contributed by atoms with van der Waals surface area (Å²) in [5, 5.41) is 4.98. The number of rotatable bonds is 6. The highest BCUT2D eigenvalue weighted by Crippen LogP contribution is 2.42. The Hall–Kier alpha value is -2.57. The summed E-state index contributed by atoms with van der Waals surface area (Å²) in [5.74, 6) is 1.25. The predicted molar refractivity (Wildman–Crippen MR) is 134 cm³/mol. The Morgan fingerprint density at radius 1 is 1.19 bits per heavy atom. The molecule has 1 aliphatic heterocycles. The van der Waals surface area contributed by atoms with Crippen LogP contribution < -0.4 is 10.1 Å². The van der Waals surface area contributed by atoms with Gasteiger partial charge in [0.1, 0.15) is 5.75 Å². The third-order valence-electron chi connectivity index (χ3n) is 5.93. The molecule has 7 heteroatoms. The van der Waals surface area contributed by atoms with Gasteiger partial charge in [-0.2, -0.15) is 0 Å². The lowest BCUT2D eigenvalue weighted by Crippen LogP contribution is -2.33. The smallest absolute Gasteiger partial charge is 0.170 e. The molecular weight excluding hydrogens is 440 g/mol. The molecule has 0 radical (unpaired) electrons. The van der Waals surface area contributed by atoms with Crippen LogP contribution in [-0.2, 0) is 0 Å².